The lowest BCUT2D eigenvalue weighted by Gasteiger charge is -2.36. The minimum atomic E-state index is 0.0150. The molecule has 37 heavy (non-hydrogen) atoms. The molecule has 3 aromatic rings. The number of aryl methyl sites for hydroxylation is 1. The van der Waals surface area contributed by atoms with Crippen molar-refractivity contribution in [2.24, 2.45) is 11.8 Å². The van der Waals surface area contributed by atoms with Crippen molar-refractivity contribution < 1.29 is 4.79 Å². The molecule has 0 spiro atoms. The van der Waals surface area contributed by atoms with Gasteiger partial charge < -0.3 is 0 Å². The summed E-state index contributed by atoms with van der Waals surface area (Å²) in [6.45, 7) is 11.2. The van der Waals surface area contributed by atoms with Gasteiger partial charge >= 0.3 is 0 Å². The first kappa shape index (κ1) is 28.4. The highest BCUT2D eigenvalue weighted by Crippen LogP contribution is 2.40. The predicted molar refractivity (Wildman–Crippen MR) is 155 cm³/mol. The van der Waals surface area contributed by atoms with Crippen molar-refractivity contribution in [3.8, 4) is 0 Å². The molecule has 0 amide bonds. The van der Waals surface area contributed by atoms with E-state index >= 15 is 0 Å². The van der Waals surface area contributed by atoms with Crippen LogP contribution in [0.3, 0.4) is 0 Å². The third kappa shape index (κ3) is 6.77. The van der Waals surface area contributed by atoms with E-state index in [1.807, 2.05) is 67.8 Å². The van der Waals surface area contributed by atoms with E-state index in [1.54, 1.807) is 13.0 Å². The molecule has 2 aliphatic rings. The Balaban J connectivity index is 0.000000291. The summed E-state index contributed by atoms with van der Waals surface area (Å²) in [5.74, 6) is 1.50. The van der Waals surface area contributed by atoms with Gasteiger partial charge in [0.1, 0.15) is 19.5 Å². The van der Waals surface area contributed by atoms with Crippen LogP contribution in [0.2, 0.25) is 0 Å². The molecule has 2 atom stereocenters. The number of hydrogen-bond donors (Lipinski definition) is 0. The molecule has 5 rings (SSSR count). The monoisotopic (exact) mass is 494 g/mol. The van der Waals surface area contributed by atoms with Crippen molar-refractivity contribution in [3.05, 3.63) is 99.7 Å². The maximum absolute atomic E-state index is 13.4. The summed E-state index contributed by atoms with van der Waals surface area (Å²) in [5, 5.41) is 0. The first-order chi connectivity index (χ1) is 17.9. The Bertz CT molecular complexity index is 1240. The zero-order valence-electron chi connectivity index (χ0n) is 22.7. The molecule has 0 saturated heterocycles. The summed E-state index contributed by atoms with van der Waals surface area (Å²) in [7, 11) is 5.45. The van der Waals surface area contributed by atoms with Gasteiger partial charge in [-0.05, 0) is 63.0 Å². The number of carbonyl (C=O) groups is 1. The first-order valence-electron chi connectivity index (χ1n) is 13.5. The minimum absolute atomic E-state index is 0.0150. The van der Waals surface area contributed by atoms with Crippen LogP contribution in [0.5, 0.6) is 0 Å². The van der Waals surface area contributed by atoms with Gasteiger partial charge in [0.15, 0.2) is 0 Å². The highest BCUT2D eigenvalue weighted by molar-refractivity contribution is 6.32. The summed E-state index contributed by atoms with van der Waals surface area (Å²) < 4.78 is 1.94. The predicted octanol–water partition coefficient (Wildman–Crippen LogP) is 5.78. The van der Waals surface area contributed by atoms with Gasteiger partial charge in [-0.25, -0.2) is 4.98 Å². The van der Waals surface area contributed by atoms with E-state index < -0.39 is 0 Å². The number of rotatable bonds is 5. The van der Waals surface area contributed by atoms with Gasteiger partial charge in [-0.1, -0.05) is 93.0 Å². The van der Waals surface area contributed by atoms with Crippen LogP contribution in [-0.4, -0.2) is 23.2 Å². The van der Waals surface area contributed by atoms with Crippen molar-refractivity contribution in [2.45, 2.75) is 72.3 Å². The van der Waals surface area contributed by atoms with Crippen molar-refractivity contribution in [3.63, 3.8) is 0 Å². The number of Topliss-reactive ketones (excluding diaryl/α,β-unsaturated/α-hetero) is 1. The Hall–Kier alpha value is -3.21. The van der Waals surface area contributed by atoms with Gasteiger partial charge in [-0.3, -0.25) is 14.2 Å². The standard InChI is InChI=1S/C22H26N2O2.C8H7B.C2H6/c1-14(25)18-11-12-19-20(13-18)23-15(2)24(22(19)26)21(17-9-6-10-17)16-7-4-3-5-8-16;1-2-7-3-5-8(9)6-4-7;1-2/h3-5,7-8,17-18,21H,6,9-13H2,1-2H3;2-6H,1H2;1-2H3. The van der Waals surface area contributed by atoms with Gasteiger partial charge in [-0.2, -0.15) is 0 Å². The molecule has 1 heterocycles. The second-order valence-electron chi connectivity index (χ2n) is 9.73. The summed E-state index contributed by atoms with van der Waals surface area (Å²) >= 11 is 0. The average Bonchev–Trinajstić information content (AvgIpc) is 2.89. The SMILES string of the molecule is CC.CC(=O)C1CCc2c(nc(C)n(C(c3ccccc3)C3CCC3)c2=O)C1.[B]c1ccc(C=C)cc1. The largest absolute Gasteiger partial charge is 0.300 e. The van der Waals surface area contributed by atoms with Crippen molar-refractivity contribution in [2.75, 3.05) is 0 Å². The molecular formula is C32H39BN2O2. The van der Waals surface area contributed by atoms with Gasteiger partial charge in [0.25, 0.3) is 5.56 Å². The molecule has 2 aromatic carbocycles. The van der Waals surface area contributed by atoms with Crippen molar-refractivity contribution >= 4 is 25.2 Å². The first-order valence-corrected chi connectivity index (χ1v) is 13.5. The highest BCUT2D eigenvalue weighted by atomic mass is 16.1. The lowest BCUT2D eigenvalue weighted by Crippen LogP contribution is -2.39. The summed E-state index contributed by atoms with van der Waals surface area (Å²) in [4.78, 5) is 30.0. The third-order valence-corrected chi connectivity index (χ3v) is 7.42. The molecule has 192 valence electrons. The summed E-state index contributed by atoms with van der Waals surface area (Å²) in [5.41, 5.74) is 4.87. The molecule has 4 nitrogen and oxygen atoms in total. The molecule has 0 bridgehead atoms. The Morgan fingerprint density at radius 1 is 1.08 bits per heavy atom. The molecule has 2 aliphatic carbocycles. The number of nitrogens with zero attached hydrogens (tertiary/aromatic N) is 2. The minimum Gasteiger partial charge on any atom is -0.300 e. The van der Waals surface area contributed by atoms with Gasteiger partial charge in [-0.15, -0.1) is 0 Å². The molecule has 2 unspecified atom stereocenters. The zero-order chi connectivity index (χ0) is 26.9. The molecule has 1 saturated carbocycles. The fourth-order valence-corrected chi connectivity index (χ4v) is 5.15. The van der Waals surface area contributed by atoms with Gasteiger partial charge in [0, 0.05) is 11.5 Å². The molecule has 2 radical (unpaired) electrons. The molecule has 5 heteroatoms. The number of benzene rings is 2. The third-order valence-electron chi connectivity index (χ3n) is 7.42. The fourth-order valence-electron chi connectivity index (χ4n) is 5.15. The van der Waals surface area contributed by atoms with E-state index in [-0.39, 0.29) is 23.3 Å². The average molecular weight is 494 g/mol. The van der Waals surface area contributed by atoms with E-state index in [2.05, 4.69) is 18.7 Å². The Morgan fingerprint density at radius 2 is 1.73 bits per heavy atom. The zero-order valence-corrected chi connectivity index (χ0v) is 22.7. The smallest absolute Gasteiger partial charge is 0.257 e. The molecule has 1 fully saturated rings. The van der Waals surface area contributed by atoms with E-state index in [4.69, 9.17) is 12.8 Å². The van der Waals surface area contributed by atoms with Crippen LogP contribution < -0.4 is 11.0 Å². The second-order valence-corrected chi connectivity index (χ2v) is 9.73. The van der Waals surface area contributed by atoms with Gasteiger partial charge in [0.2, 0.25) is 0 Å². The normalized spacial score (nSPS) is 17.0. The second kappa shape index (κ2) is 13.4. The maximum Gasteiger partial charge on any atom is 0.257 e. The quantitative estimate of drug-likeness (QED) is 0.423. The lowest BCUT2D eigenvalue weighted by atomic mass is 9.76. The van der Waals surface area contributed by atoms with E-state index in [0.717, 1.165) is 47.4 Å². The number of carbonyl (C=O) groups excluding carboxylic acids is 1. The van der Waals surface area contributed by atoms with Crippen LogP contribution in [0, 0.1) is 18.8 Å². The van der Waals surface area contributed by atoms with Crippen LogP contribution in [0.25, 0.3) is 6.08 Å². The number of hydrogen-bond acceptors (Lipinski definition) is 3. The van der Waals surface area contributed by atoms with E-state index in [1.165, 1.54) is 12.0 Å². The highest BCUT2D eigenvalue weighted by Gasteiger charge is 2.34. The number of fused-ring (bicyclic) bond motifs is 1. The fraction of sp³-hybridized carbons (Fsp3) is 0.406. The summed E-state index contributed by atoms with van der Waals surface area (Å²) in [6.07, 6.45) is 7.39. The van der Waals surface area contributed by atoms with Crippen LogP contribution in [0.15, 0.2) is 66.0 Å². The molecular weight excluding hydrogens is 455 g/mol. The topological polar surface area (TPSA) is 52.0 Å². The van der Waals surface area contributed by atoms with Crippen LogP contribution in [0.4, 0.5) is 0 Å². The Morgan fingerprint density at radius 3 is 2.27 bits per heavy atom. The molecule has 0 N–H and O–H groups in total. The lowest BCUT2D eigenvalue weighted by molar-refractivity contribution is -0.121. The van der Waals surface area contributed by atoms with Crippen molar-refractivity contribution in [1.29, 1.82) is 0 Å². The van der Waals surface area contributed by atoms with Crippen LogP contribution in [0.1, 0.15) is 80.7 Å². The van der Waals surface area contributed by atoms with Crippen molar-refractivity contribution in [1.82, 2.24) is 9.55 Å². The maximum atomic E-state index is 13.4. The van der Waals surface area contributed by atoms with Crippen LogP contribution in [-0.2, 0) is 17.6 Å². The molecule has 1 aromatic heterocycles. The summed E-state index contributed by atoms with van der Waals surface area (Å²) in [6, 6.07) is 18.0. The van der Waals surface area contributed by atoms with E-state index in [0.29, 0.717) is 18.8 Å². The number of ketones is 1. The van der Waals surface area contributed by atoms with Gasteiger partial charge in [0.05, 0.1) is 11.7 Å². The van der Waals surface area contributed by atoms with E-state index in [9.17, 15) is 9.59 Å². The van der Waals surface area contributed by atoms with Crippen LogP contribution >= 0.6 is 0 Å². The molecule has 0 aliphatic heterocycles. The Kier molecular flexibility index (Phi) is 10.3. The number of aromatic nitrogens is 2. The Labute approximate surface area is 223 Å².